The molecule has 1 atom stereocenters. The topological polar surface area (TPSA) is 76.7 Å². The molecule has 1 saturated heterocycles. The van der Waals surface area contributed by atoms with Gasteiger partial charge in [0.05, 0.1) is 6.04 Å². The molecule has 2 aromatic heterocycles. The maximum Gasteiger partial charge on any atom is 0.237 e. The van der Waals surface area contributed by atoms with E-state index < -0.39 is 0 Å². The van der Waals surface area contributed by atoms with Crippen LogP contribution in [0.1, 0.15) is 26.5 Å². The lowest BCUT2D eigenvalue weighted by molar-refractivity contribution is -0.126. The molecule has 0 saturated carbocycles. The van der Waals surface area contributed by atoms with E-state index in [0.29, 0.717) is 5.69 Å². The third-order valence-corrected chi connectivity index (χ3v) is 4.59. The highest BCUT2D eigenvalue weighted by Crippen LogP contribution is 2.22. The van der Waals surface area contributed by atoms with Crippen molar-refractivity contribution >= 4 is 17.4 Å². The number of carbonyl (C=O) groups excluding carboxylic acids is 1. The lowest BCUT2D eigenvalue weighted by Gasteiger charge is -2.37. The maximum absolute atomic E-state index is 12.2. The summed E-state index contributed by atoms with van der Waals surface area (Å²) in [7, 11) is 0. The van der Waals surface area contributed by atoms with E-state index in [1.165, 1.54) is 0 Å². The maximum atomic E-state index is 12.2. The van der Waals surface area contributed by atoms with Gasteiger partial charge < -0.3 is 10.2 Å². The number of imidazole rings is 1. The minimum atomic E-state index is -0.152. The van der Waals surface area contributed by atoms with Crippen molar-refractivity contribution in [2.24, 2.45) is 0 Å². The first-order valence-electron chi connectivity index (χ1n) is 8.68. The van der Waals surface area contributed by atoms with Crippen molar-refractivity contribution in [1.29, 1.82) is 5.26 Å². The standard InChI is InChI=1S/C18H24N6O/c1-13(2)20-18(25)14(3)22-8-10-23(11-9-22)17-15(12-19)24-7-5-4-6-16(24)21-17/h4-7,13-14H,8-11H2,1-3H3,(H,20,25)/t14-/m1/s1. The quantitative estimate of drug-likeness (QED) is 0.906. The Bertz CT molecular complexity index is 797. The fourth-order valence-corrected chi connectivity index (χ4v) is 3.20. The Balaban J connectivity index is 1.71. The molecule has 132 valence electrons. The molecule has 1 amide bonds. The van der Waals surface area contributed by atoms with Gasteiger partial charge in [-0.25, -0.2) is 4.98 Å². The minimum Gasteiger partial charge on any atom is -0.353 e. The van der Waals surface area contributed by atoms with Gasteiger partial charge >= 0.3 is 0 Å². The van der Waals surface area contributed by atoms with E-state index >= 15 is 0 Å². The molecule has 2 aromatic rings. The summed E-state index contributed by atoms with van der Waals surface area (Å²) < 4.78 is 1.82. The van der Waals surface area contributed by atoms with E-state index in [0.717, 1.165) is 37.6 Å². The van der Waals surface area contributed by atoms with Crippen molar-refractivity contribution in [3.63, 3.8) is 0 Å². The predicted molar refractivity (Wildman–Crippen MR) is 96.4 cm³/mol. The van der Waals surface area contributed by atoms with E-state index in [2.05, 4.69) is 26.2 Å². The van der Waals surface area contributed by atoms with Gasteiger partial charge in [-0.05, 0) is 32.9 Å². The zero-order chi connectivity index (χ0) is 18.0. The van der Waals surface area contributed by atoms with Crippen LogP contribution in [0.3, 0.4) is 0 Å². The number of aromatic nitrogens is 2. The summed E-state index contributed by atoms with van der Waals surface area (Å²) in [5.41, 5.74) is 1.34. The van der Waals surface area contributed by atoms with Crippen molar-refractivity contribution in [3.05, 3.63) is 30.1 Å². The number of amides is 1. The zero-order valence-electron chi connectivity index (χ0n) is 14.9. The SMILES string of the molecule is CC(C)NC(=O)[C@@H](C)N1CCN(c2nc3ccccn3c2C#N)CC1. The summed E-state index contributed by atoms with van der Waals surface area (Å²) in [6, 6.07) is 7.98. The van der Waals surface area contributed by atoms with Crippen LogP contribution >= 0.6 is 0 Å². The Morgan fingerprint density at radius 3 is 2.60 bits per heavy atom. The molecule has 0 spiro atoms. The van der Waals surface area contributed by atoms with Crippen LogP contribution in [0.5, 0.6) is 0 Å². The number of hydrogen-bond donors (Lipinski definition) is 1. The first kappa shape index (κ1) is 17.2. The van der Waals surface area contributed by atoms with Crippen LogP contribution in [0.15, 0.2) is 24.4 Å². The second-order valence-electron chi connectivity index (χ2n) is 6.69. The zero-order valence-corrected chi connectivity index (χ0v) is 14.9. The second kappa shape index (κ2) is 7.11. The van der Waals surface area contributed by atoms with Crippen molar-refractivity contribution in [1.82, 2.24) is 19.6 Å². The molecular formula is C18H24N6O. The fourth-order valence-electron chi connectivity index (χ4n) is 3.20. The summed E-state index contributed by atoms with van der Waals surface area (Å²) in [4.78, 5) is 21.1. The van der Waals surface area contributed by atoms with Gasteiger partial charge in [0.15, 0.2) is 11.5 Å². The van der Waals surface area contributed by atoms with Crippen LogP contribution < -0.4 is 10.2 Å². The number of rotatable bonds is 4. The molecule has 0 radical (unpaired) electrons. The third-order valence-electron chi connectivity index (χ3n) is 4.59. The molecule has 0 aliphatic carbocycles. The largest absolute Gasteiger partial charge is 0.353 e. The summed E-state index contributed by atoms with van der Waals surface area (Å²) in [6.07, 6.45) is 1.86. The monoisotopic (exact) mass is 340 g/mol. The predicted octanol–water partition coefficient (Wildman–Crippen LogP) is 1.24. The average molecular weight is 340 g/mol. The lowest BCUT2D eigenvalue weighted by Crippen LogP contribution is -2.54. The molecule has 0 unspecified atom stereocenters. The van der Waals surface area contributed by atoms with Gasteiger partial charge in [0, 0.05) is 38.4 Å². The number of nitrogens with zero attached hydrogens (tertiary/aromatic N) is 5. The highest BCUT2D eigenvalue weighted by Gasteiger charge is 2.28. The van der Waals surface area contributed by atoms with Crippen LogP contribution in [-0.2, 0) is 4.79 Å². The number of anilines is 1. The molecule has 1 aliphatic rings. The summed E-state index contributed by atoms with van der Waals surface area (Å²) in [6.45, 7) is 8.91. The Hall–Kier alpha value is -2.59. The van der Waals surface area contributed by atoms with E-state index in [1.807, 2.05) is 49.6 Å². The Morgan fingerprint density at radius 1 is 1.24 bits per heavy atom. The highest BCUT2D eigenvalue weighted by molar-refractivity contribution is 5.81. The Morgan fingerprint density at radius 2 is 1.96 bits per heavy atom. The summed E-state index contributed by atoms with van der Waals surface area (Å²) in [5.74, 6) is 0.793. The fraction of sp³-hybridized carbons (Fsp3) is 0.500. The highest BCUT2D eigenvalue weighted by atomic mass is 16.2. The summed E-state index contributed by atoms with van der Waals surface area (Å²) in [5, 5.41) is 12.5. The number of fused-ring (bicyclic) bond motifs is 1. The van der Waals surface area contributed by atoms with Crippen LogP contribution in [0.25, 0.3) is 5.65 Å². The minimum absolute atomic E-state index is 0.0638. The smallest absolute Gasteiger partial charge is 0.237 e. The molecule has 1 aliphatic heterocycles. The van der Waals surface area contributed by atoms with Crippen LogP contribution in [0, 0.1) is 11.3 Å². The molecule has 7 nitrogen and oxygen atoms in total. The average Bonchev–Trinajstić information content (AvgIpc) is 2.99. The molecule has 3 rings (SSSR count). The molecule has 0 bridgehead atoms. The molecule has 1 N–H and O–H groups in total. The number of piperazine rings is 1. The van der Waals surface area contributed by atoms with Gasteiger partial charge in [-0.3, -0.25) is 14.1 Å². The third kappa shape index (κ3) is 3.44. The molecule has 3 heterocycles. The molecule has 25 heavy (non-hydrogen) atoms. The first-order chi connectivity index (χ1) is 12.0. The molecule has 0 aromatic carbocycles. The van der Waals surface area contributed by atoms with E-state index in [9.17, 15) is 10.1 Å². The lowest BCUT2D eigenvalue weighted by atomic mass is 10.2. The van der Waals surface area contributed by atoms with Crippen LogP contribution in [0.4, 0.5) is 5.82 Å². The van der Waals surface area contributed by atoms with Crippen molar-refractivity contribution in [3.8, 4) is 6.07 Å². The van der Waals surface area contributed by atoms with Crippen molar-refractivity contribution < 1.29 is 4.79 Å². The number of pyridine rings is 1. The van der Waals surface area contributed by atoms with Gasteiger partial charge in [0.2, 0.25) is 5.91 Å². The number of carbonyl (C=O) groups is 1. The van der Waals surface area contributed by atoms with Crippen LogP contribution in [-0.4, -0.2) is 58.5 Å². The molecule has 1 fully saturated rings. The van der Waals surface area contributed by atoms with Crippen molar-refractivity contribution in [2.75, 3.05) is 31.1 Å². The second-order valence-corrected chi connectivity index (χ2v) is 6.69. The van der Waals surface area contributed by atoms with Gasteiger partial charge in [-0.2, -0.15) is 5.26 Å². The van der Waals surface area contributed by atoms with Gasteiger partial charge in [-0.1, -0.05) is 6.07 Å². The first-order valence-corrected chi connectivity index (χ1v) is 8.68. The van der Waals surface area contributed by atoms with Gasteiger partial charge in [0.25, 0.3) is 0 Å². The van der Waals surface area contributed by atoms with Crippen LogP contribution in [0.2, 0.25) is 0 Å². The van der Waals surface area contributed by atoms with E-state index in [4.69, 9.17) is 0 Å². The van der Waals surface area contributed by atoms with E-state index in [-0.39, 0.29) is 18.0 Å². The molecule has 7 heteroatoms. The van der Waals surface area contributed by atoms with Crippen molar-refractivity contribution in [2.45, 2.75) is 32.9 Å². The number of nitriles is 1. The van der Waals surface area contributed by atoms with Gasteiger partial charge in [0.1, 0.15) is 11.7 Å². The van der Waals surface area contributed by atoms with E-state index in [1.54, 1.807) is 0 Å². The number of nitrogens with one attached hydrogen (secondary N) is 1. The van der Waals surface area contributed by atoms with Gasteiger partial charge in [-0.15, -0.1) is 0 Å². The normalized spacial score (nSPS) is 16.8. The number of hydrogen-bond acceptors (Lipinski definition) is 5. The Labute approximate surface area is 147 Å². The molecular weight excluding hydrogens is 316 g/mol. The Kier molecular flexibility index (Phi) is 4.91. The summed E-state index contributed by atoms with van der Waals surface area (Å²) >= 11 is 0.